The van der Waals surface area contributed by atoms with E-state index in [1.807, 2.05) is 0 Å². The van der Waals surface area contributed by atoms with Crippen LogP contribution >= 0.6 is 11.3 Å². The molecule has 0 amide bonds. The molecule has 1 aliphatic rings. The zero-order valence-corrected chi connectivity index (χ0v) is 13.4. The average Bonchev–Trinajstić information content (AvgIpc) is 2.96. The summed E-state index contributed by atoms with van der Waals surface area (Å²) in [7, 11) is 0. The van der Waals surface area contributed by atoms with Gasteiger partial charge >= 0.3 is 0 Å². The molecule has 2 aromatic heterocycles. The van der Waals surface area contributed by atoms with Gasteiger partial charge in [0.05, 0.1) is 11.5 Å². The lowest BCUT2D eigenvalue weighted by atomic mass is 10.1. The maximum Gasteiger partial charge on any atom is 0.226 e. The summed E-state index contributed by atoms with van der Waals surface area (Å²) >= 11 is 1.67. The van der Waals surface area contributed by atoms with Crippen molar-refractivity contribution in [2.24, 2.45) is 0 Å². The Labute approximate surface area is 129 Å². The summed E-state index contributed by atoms with van der Waals surface area (Å²) in [6, 6.07) is 2.12. The van der Waals surface area contributed by atoms with E-state index >= 15 is 0 Å². The van der Waals surface area contributed by atoms with Crippen molar-refractivity contribution in [1.82, 2.24) is 9.97 Å². The SMILES string of the molecule is CCNc1nc(N2CCCC(OCC)C2)c2ccsc2n1. The summed E-state index contributed by atoms with van der Waals surface area (Å²) in [6.45, 7) is 7.69. The van der Waals surface area contributed by atoms with E-state index in [-0.39, 0.29) is 0 Å². The second-order valence-electron chi connectivity index (χ2n) is 5.21. The van der Waals surface area contributed by atoms with Crippen molar-refractivity contribution in [2.45, 2.75) is 32.8 Å². The number of ether oxygens (including phenoxy) is 1. The zero-order valence-electron chi connectivity index (χ0n) is 12.6. The van der Waals surface area contributed by atoms with E-state index in [0.29, 0.717) is 6.10 Å². The van der Waals surface area contributed by atoms with Gasteiger partial charge in [0, 0.05) is 26.2 Å². The fraction of sp³-hybridized carbons (Fsp3) is 0.600. The first-order chi connectivity index (χ1) is 10.3. The van der Waals surface area contributed by atoms with Gasteiger partial charge in [-0.05, 0) is 38.1 Å². The second-order valence-corrected chi connectivity index (χ2v) is 6.10. The molecule has 6 heteroatoms. The van der Waals surface area contributed by atoms with Crippen LogP contribution in [-0.4, -0.2) is 42.3 Å². The smallest absolute Gasteiger partial charge is 0.226 e. The number of thiophene rings is 1. The number of piperidine rings is 1. The van der Waals surface area contributed by atoms with Gasteiger partial charge in [-0.15, -0.1) is 11.3 Å². The molecule has 114 valence electrons. The van der Waals surface area contributed by atoms with Crippen molar-refractivity contribution in [2.75, 3.05) is 36.5 Å². The molecule has 0 aliphatic carbocycles. The number of rotatable bonds is 5. The standard InChI is InChI=1S/C15H22N4OS/c1-3-16-15-17-13(12-7-9-21-14(12)18-15)19-8-5-6-11(10-19)20-4-2/h7,9,11H,3-6,8,10H2,1-2H3,(H,16,17,18). The Morgan fingerprint density at radius 3 is 3.14 bits per heavy atom. The summed E-state index contributed by atoms with van der Waals surface area (Å²) < 4.78 is 5.81. The molecule has 1 fully saturated rings. The Morgan fingerprint density at radius 1 is 1.43 bits per heavy atom. The highest BCUT2D eigenvalue weighted by atomic mass is 32.1. The Hall–Kier alpha value is -1.40. The van der Waals surface area contributed by atoms with Crippen LogP contribution in [0.2, 0.25) is 0 Å². The Bertz CT molecular complexity index is 598. The van der Waals surface area contributed by atoms with Crippen LogP contribution < -0.4 is 10.2 Å². The molecule has 1 aliphatic heterocycles. The summed E-state index contributed by atoms with van der Waals surface area (Å²) in [5, 5.41) is 6.47. The number of anilines is 2. The minimum atomic E-state index is 0.315. The first-order valence-corrected chi connectivity index (χ1v) is 8.55. The molecule has 5 nitrogen and oxygen atoms in total. The van der Waals surface area contributed by atoms with Gasteiger partial charge in [-0.1, -0.05) is 0 Å². The maximum atomic E-state index is 5.81. The van der Waals surface area contributed by atoms with Crippen LogP contribution in [0.4, 0.5) is 11.8 Å². The molecule has 0 radical (unpaired) electrons. The molecular weight excluding hydrogens is 284 g/mol. The Morgan fingerprint density at radius 2 is 2.33 bits per heavy atom. The molecule has 1 atom stereocenters. The molecule has 0 aromatic carbocycles. The maximum absolute atomic E-state index is 5.81. The van der Waals surface area contributed by atoms with Crippen LogP contribution in [0.1, 0.15) is 26.7 Å². The first-order valence-electron chi connectivity index (χ1n) is 7.67. The lowest BCUT2D eigenvalue weighted by Gasteiger charge is -2.33. The van der Waals surface area contributed by atoms with Gasteiger partial charge in [-0.25, -0.2) is 4.98 Å². The largest absolute Gasteiger partial charge is 0.377 e. The number of hydrogen-bond acceptors (Lipinski definition) is 6. The summed E-state index contributed by atoms with van der Waals surface area (Å²) in [6.07, 6.45) is 2.61. The van der Waals surface area contributed by atoms with E-state index in [1.165, 1.54) is 0 Å². The monoisotopic (exact) mass is 306 g/mol. The van der Waals surface area contributed by atoms with E-state index in [1.54, 1.807) is 11.3 Å². The van der Waals surface area contributed by atoms with Gasteiger partial charge in [0.25, 0.3) is 0 Å². The van der Waals surface area contributed by atoms with E-state index in [9.17, 15) is 0 Å². The number of hydrogen-bond donors (Lipinski definition) is 1. The van der Waals surface area contributed by atoms with E-state index in [4.69, 9.17) is 9.72 Å². The van der Waals surface area contributed by atoms with Crippen LogP contribution in [0.5, 0.6) is 0 Å². The molecule has 0 bridgehead atoms. The Kier molecular flexibility index (Phi) is 4.55. The third-order valence-electron chi connectivity index (χ3n) is 3.72. The highest BCUT2D eigenvalue weighted by Crippen LogP contribution is 2.31. The van der Waals surface area contributed by atoms with E-state index in [2.05, 4.69) is 40.5 Å². The van der Waals surface area contributed by atoms with Gasteiger partial charge in [-0.2, -0.15) is 4.98 Å². The van der Waals surface area contributed by atoms with Crippen molar-refractivity contribution in [3.8, 4) is 0 Å². The molecule has 3 rings (SSSR count). The topological polar surface area (TPSA) is 50.3 Å². The molecule has 3 heterocycles. The van der Waals surface area contributed by atoms with E-state index in [0.717, 1.165) is 61.1 Å². The van der Waals surface area contributed by atoms with Gasteiger partial charge < -0.3 is 15.0 Å². The first kappa shape index (κ1) is 14.5. The third-order valence-corrected chi connectivity index (χ3v) is 4.53. The van der Waals surface area contributed by atoms with Crippen molar-refractivity contribution in [3.63, 3.8) is 0 Å². The quantitative estimate of drug-likeness (QED) is 0.919. The van der Waals surface area contributed by atoms with Crippen LogP contribution in [0.3, 0.4) is 0 Å². The third kappa shape index (κ3) is 3.11. The van der Waals surface area contributed by atoms with Crippen LogP contribution in [0.25, 0.3) is 10.2 Å². The minimum absolute atomic E-state index is 0.315. The van der Waals surface area contributed by atoms with Crippen molar-refractivity contribution in [1.29, 1.82) is 0 Å². The molecule has 1 saturated heterocycles. The average molecular weight is 306 g/mol. The van der Waals surface area contributed by atoms with Crippen LogP contribution in [0.15, 0.2) is 11.4 Å². The molecule has 1 N–H and O–H groups in total. The second kappa shape index (κ2) is 6.58. The molecule has 1 unspecified atom stereocenters. The molecule has 2 aromatic rings. The summed E-state index contributed by atoms with van der Waals surface area (Å²) in [5.74, 6) is 1.77. The van der Waals surface area contributed by atoms with Crippen molar-refractivity contribution < 1.29 is 4.74 Å². The molecule has 21 heavy (non-hydrogen) atoms. The van der Waals surface area contributed by atoms with E-state index < -0.39 is 0 Å². The van der Waals surface area contributed by atoms with Crippen LogP contribution in [-0.2, 0) is 4.74 Å². The van der Waals surface area contributed by atoms with Crippen LogP contribution in [0, 0.1) is 0 Å². The summed E-state index contributed by atoms with van der Waals surface area (Å²) in [5.41, 5.74) is 0. The predicted molar refractivity (Wildman–Crippen MR) is 88.4 cm³/mol. The lowest BCUT2D eigenvalue weighted by Crippen LogP contribution is -2.40. The zero-order chi connectivity index (χ0) is 14.7. The predicted octanol–water partition coefficient (Wildman–Crippen LogP) is 3.13. The normalized spacial score (nSPS) is 19.1. The van der Waals surface area contributed by atoms with Gasteiger partial charge in [0.15, 0.2) is 0 Å². The van der Waals surface area contributed by atoms with Crippen molar-refractivity contribution >= 4 is 33.3 Å². The fourth-order valence-corrected chi connectivity index (χ4v) is 3.58. The number of nitrogens with one attached hydrogen (secondary N) is 1. The fourth-order valence-electron chi connectivity index (χ4n) is 2.82. The number of nitrogens with zero attached hydrogens (tertiary/aromatic N) is 3. The highest BCUT2D eigenvalue weighted by Gasteiger charge is 2.23. The van der Waals surface area contributed by atoms with Gasteiger partial charge in [0.2, 0.25) is 5.95 Å². The number of fused-ring (bicyclic) bond motifs is 1. The lowest BCUT2D eigenvalue weighted by molar-refractivity contribution is 0.0526. The highest BCUT2D eigenvalue weighted by molar-refractivity contribution is 7.16. The van der Waals surface area contributed by atoms with Gasteiger partial charge in [-0.3, -0.25) is 0 Å². The molecule has 0 spiro atoms. The molecular formula is C15H22N4OS. The van der Waals surface area contributed by atoms with Gasteiger partial charge in [0.1, 0.15) is 10.6 Å². The summed E-state index contributed by atoms with van der Waals surface area (Å²) in [4.78, 5) is 12.7. The Balaban J connectivity index is 1.92. The van der Waals surface area contributed by atoms with Crippen molar-refractivity contribution in [3.05, 3.63) is 11.4 Å². The minimum Gasteiger partial charge on any atom is -0.377 e. The molecule has 0 saturated carbocycles. The number of aromatic nitrogens is 2.